The number of carbonyl (C=O) groups is 1. The second-order valence-electron chi connectivity index (χ2n) is 3.54. The molecule has 0 aliphatic carbocycles. The molecule has 0 saturated heterocycles. The molecule has 0 saturated carbocycles. The lowest BCUT2D eigenvalue weighted by Gasteiger charge is -2.05. The van der Waals surface area contributed by atoms with Gasteiger partial charge in [-0.2, -0.15) is 5.26 Å². The zero-order valence-corrected chi connectivity index (χ0v) is 11.3. The molecule has 0 aliphatic heterocycles. The van der Waals surface area contributed by atoms with E-state index in [1.165, 1.54) is 11.8 Å². The summed E-state index contributed by atoms with van der Waals surface area (Å²) in [5.41, 5.74) is 1.25. The second-order valence-corrected chi connectivity index (χ2v) is 4.73. The lowest BCUT2D eigenvalue weighted by atomic mass is 10.2. The van der Waals surface area contributed by atoms with Gasteiger partial charge < -0.3 is 4.74 Å². The molecule has 0 N–H and O–H groups in total. The lowest BCUT2D eigenvalue weighted by Crippen LogP contribution is -2.07. The van der Waals surface area contributed by atoms with Crippen molar-refractivity contribution in [1.29, 1.82) is 5.26 Å². The van der Waals surface area contributed by atoms with Crippen LogP contribution >= 0.6 is 11.8 Å². The second kappa shape index (κ2) is 7.57. The van der Waals surface area contributed by atoms with Crippen molar-refractivity contribution in [2.75, 3.05) is 6.61 Å². The summed E-state index contributed by atoms with van der Waals surface area (Å²) >= 11 is 1.47. The van der Waals surface area contributed by atoms with E-state index in [-0.39, 0.29) is 12.2 Å². The molecule has 0 unspecified atom stereocenters. The maximum absolute atomic E-state index is 11.5. The van der Waals surface area contributed by atoms with Crippen LogP contribution in [0.3, 0.4) is 0 Å². The van der Waals surface area contributed by atoms with Crippen LogP contribution in [0, 0.1) is 11.3 Å². The summed E-state index contributed by atoms with van der Waals surface area (Å²) in [5, 5.41) is 8.97. The number of ether oxygens (including phenoxy) is 1. The van der Waals surface area contributed by atoms with Gasteiger partial charge in [0, 0.05) is 10.7 Å². The van der Waals surface area contributed by atoms with Gasteiger partial charge in [-0.25, -0.2) is 4.79 Å². The average molecular weight is 261 g/mol. The number of thioether (sulfide) groups is 1. The van der Waals surface area contributed by atoms with E-state index in [1.807, 2.05) is 36.4 Å². The Bertz CT molecular complexity index is 474. The first-order chi connectivity index (χ1) is 8.69. The normalized spacial score (nSPS) is 11.4. The molecule has 0 radical (unpaired) electrons. The van der Waals surface area contributed by atoms with Gasteiger partial charge in [0.15, 0.2) is 0 Å². The fourth-order valence-corrected chi connectivity index (χ4v) is 2.16. The number of rotatable bonds is 5. The molecule has 1 aromatic carbocycles. The van der Waals surface area contributed by atoms with E-state index in [9.17, 15) is 4.79 Å². The number of nitrogens with zero attached hydrogens (tertiary/aromatic N) is 1. The van der Waals surface area contributed by atoms with Gasteiger partial charge in [-0.1, -0.05) is 30.3 Å². The molecule has 0 heterocycles. The molecule has 0 amide bonds. The predicted molar refractivity (Wildman–Crippen MR) is 72.7 cm³/mol. The fourth-order valence-electron chi connectivity index (χ4n) is 1.31. The van der Waals surface area contributed by atoms with Crippen LogP contribution in [-0.4, -0.2) is 12.6 Å². The van der Waals surface area contributed by atoms with Crippen LogP contribution in [0.5, 0.6) is 0 Å². The summed E-state index contributed by atoms with van der Waals surface area (Å²) in [7, 11) is 0. The van der Waals surface area contributed by atoms with Gasteiger partial charge in [0.05, 0.1) is 6.61 Å². The molecule has 0 bridgehead atoms. The number of nitriles is 1. The Hall–Kier alpha value is -1.73. The number of hydrogen-bond donors (Lipinski definition) is 0. The third-order valence-electron chi connectivity index (χ3n) is 2.24. The Morgan fingerprint density at radius 3 is 2.61 bits per heavy atom. The Balaban J connectivity index is 2.70. The number of hydrogen-bond acceptors (Lipinski definition) is 4. The number of carbonyl (C=O) groups excluding carboxylic acids is 1. The van der Waals surface area contributed by atoms with Crippen molar-refractivity contribution < 1.29 is 9.53 Å². The van der Waals surface area contributed by atoms with Gasteiger partial charge in [0.2, 0.25) is 0 Å². The highest BCUT2D eigenvalue weighted by Crippen LogP contribution is 2.24. The summed E-state index contributed by atoms with van der Waals surface area (Å²) in [6.45, 7) is 3.77. The molecular weight excluding hydrogens is 246 g/mol. The standard InChI is InChI=1S/C14H15NO2S/c1-3-17-14(16)13(9-15)11(2)18-10-12-7-5-4-6-8-12/h4-8H,3,10H2,1-2H3. The quantitative estimate of drug-likeness (QED) is 0.463. The van der Waals surface area contributed by atoms with Crippen LogP contribution in [-0.2, 0) is 15.3 Å². The molecule has 94 valence electrons. The van der Waals surface area contributed by atoms with Crippen LogP contribution in [0.2, 0.25) is 0 Å². The highest BCUT2D eigenvalue weighted by Gasteiger charge is 2.13. The van der Waals surface area contributed by atoms with Gasteiger partial charge in [-0.15, -0.1) is 11.8 Å². The van der Waals surface area contributed by atoms with Crippen molar-refractivity contribution in [2.24, 2.45) is 0 Å². The Kier molecular flexibility index (Phi) is 6.03. The lowest BCUT2D eigenvalue weighted by molar-refractivity contribution is -0.138. The monoisotopic (exact) mass is 261 g/mol. The summed E-state index contributed by atoms with van der Waals surface area (Å²) in [6, 6.07) is 11.8. The minimum Gasteiger partial charge on any atom is -0.462 e. The topological polar surface area (TPSA) is 50.1 Å². The van der Waals surface area contributed by atoms with Crippen LogP contribution in [0.25, 0.3) is 0 Å². The van der Waals surface area contributed by atoms with Crippen LogP contribution in [0.15, 0.2) is 40.8 Å². The summed E-state index contributed by atoms with van der Waals surface area (Å²) in [6.07, 6.45) is 0. The average Bonchev–Trinajstić information content (AvgIpc) is 2.39. The first kappa shape index (κ1) is 14.3. The molecule has 0 fully saturated rings. The van der Waals surface area contributed by atoms with E-state index >= 15 is 0 Å². The molecular formula is C14H15NO2S. The zero-order chi connectivity index (χ0) is 13.4. The number of benzene rings is 1. The van der Waals surface area contributed by atoms with Gasteiger partial charge in [-0.3, -0.25) is 0 Å². The number of esters is 1. The highest BCUT2D eigenvalue weighted by molar-refractivity contribution is 8.02. The van der Waals surface area contributed by atoms with Crippen LogP contribution < -0.4 is 0 Å². The Labute approximate surface area is 111 Å². The van der Waals surface area contributed by atoms with Gasteiger partial charge in [-0.05, 0) is 19.4 Å². The molecule has 1 rings (SSSR count). The molecule has 0 aliphatic rings. The van der Waals surface area contributed by atoms with Gasteiger partial charge >= 0.3 is 5.97 Å². The zero-order valence-electron chi connectivity index (χ0n) is 10.5. The minimum atomic E-state index is -0.543. The summed E-state index contributed by atoms with van der Waals surface area (Å²) < 4.78 is 4.84. The van der Waals surface area contributed by atoms with E-state index in [1.54, 1.807) is 13.8 Å². The predicted octanol–water partition coefficient (Wildman–Crippen LogP) is 3.28. The third-order valence-corrected chi connectivity index (χ3v) is 3.36. The van der Waals surface area contributed by atoms with E-state index in [4.69, 9.17) is 10.00 Å². The molecule has 1 aromatic rings. The van der Waals surface area contributed by atoms with Crippen LogP contribution in [0.1, 0.15) is 19.4 Å². The molecule has 18 heavy (non-hydrogen) atoms. The maximum atomic E-state index is 11.5. The molecule has 4 heteroatoms. The Morgan fingerprint density at radius 2 is 2.06 bits per heavy atom. The summed E-state index contributed by atoms with van der Waals surface area (Å²) in [5.74, 6) is 0.190. The van der Waals surface area contributed by atoms with Gasteiger partial charge in [0.1, 0.15) is 11.6 Å². The first-order valence-electron chi connectivity index (χ1n) is 5.63. The largest absolute Gasteiger partial charge is 0.462 e. The fraction of sp³-hybridized carbons (Fsp3) is 0.286. The van der Waals surface area contributed by atoms with Crippen molar-refractivity contribution in [3.8, 4) is 6.07 Å². The van der Waals surface area contributed by atoms with Gasteiger partial charge in [0.25, 0.3) is 0 Å². The summed E-state index contributed by atoms with van der Waals surface area (Å²) in [4.78, 5) is 12.2. The SMILES string of the molecule is CCOC(=O)C(C#N)=C(C)SCc1ccccc1. The van der Waals surface area contributed by atoms with Crippen molar-refractivity contribution in [3.05, 3.63) is 46.4 Å². The molecule has 0 aromatic heterocycles. The maximum Gasteiger partial charge on any atom is 0.349 e. The van der Waals surface area contributed by atoms with Crippen molar-refractivity contribution >= 4 is 17.7 Å². The van der Waals surface area contributed by atoms with Crippen molar-refractivity contribution in [1.82, 2.24) is 0 Å². The Morgan fingerprint density at radius 1 is 1.39 bits per heavy atom. The molecule has 3 nitrogen and oxygen atoms in total. The minimum absolute atomic E-state index is 0.0952. The first-order valence-corrected chi connectivity index (χ1v) is 6.62. The van der Waals surface area contributed by atoms with Crippen LogP contribution in [0.4, 0.5) is 0 Å². The number of allylic oxidation sites excluding steroid dienone is 1. The highest BCUT2D eigenvalue weighted by atomic mass is 32.2. The van der Waals surface area contributed by atoms with E-state index < -0.39 is 5.97 Å². The smallest absolute Gasteiger partial charge is 0.349 e. The third kappa shape index (κ3) is 4.27. The van der Waals surface area contributed by atoms with Crippen molar-refractivity contribution in [2.45, 2.75) is 19.6 Å². The molecule has 0 atom stereocenters. The van der Waals surface area contributed by atoms with E-state index in [0.29, 0.717) is 4.91 Å². The molecule has 0 spiro atoms. The van der Waals surface area contributed by atoms with E-state index in [2.05, 4.69) is 0 Å². The van der Waals surface area contributed by atoms with Crippen molar-refractivity contribution in [3.63, 3.8) is 0 Å². The van der Waals surface area contributed by atoms with E-state index in [0.717, 1.165) is 11.3 Å².